The van der Waals surface area contributed by atoms with Crippen LogP contribution in [0.4, 0.5) is 0 Å². The first kappa shape index (κ1) is 24.4. The van der Waals surface area contributed by atoms with Gasteiger partial charge in [-0.25, -0.2) is 0 Å². The molecule has 1 radical (unpaired) electrons. The van der Waals surface area contributed by atoms with Crippen LogP contribution >= 0.6 is 0 Å². The third-order valence-corrected chi connectivity index (χ3v) is 3.40. The molecule has 145 valence electrons. The molecule has 0 bridgehead atoms. The molecule has 0 saturated heterocycles. The fourth-order valence-corrected chi connectivity index (χ4v) is 1.87. The van der Waals surface area contributed by atoms with E-state index >= 15 is 0 Å². The molecule has 0 N–H and O–H groups in total. The predicted octanol–water partition coefficient (Wildman–Crippen LogP) is 4.10. The Morgan fingerprint density at radius 3 is 1.19 bits per heavy atom. The van der Waals surface area contributed by atoms with Gasteiger partial charge in [0.2, 0.25) is 0 Å². The van der Waals surface area contributed by atoms with E-state index < -0.39 is 0 Å². The van der Waals surface area contributed by atoms with Crippen molar-refractivity contribution in [3.05, 3.63) is 84.6 Å². The molecule has 0 heterocycles. The molecule has 0 fully saturated rings. The Morgan fingerprint density at radius 1 is 0.630 bits per heavy atom. The number of benzene rings is 2. The Kier molecular flexibility index (Phi) is 12.2. The monoisotopic (exact) mass is 413 g/mol. The Labute approximate surface area is 170 Å². The summed E-state index contributed by atoms with van der Waals surface area (Å²) in [6, 6.07) is 17.5. The quantitative estimate of drug-likeness (QED) is 0.283. The van der Waals surface area contributed by atoms with Crippen molar-refractivity contribution in [3.63, 3.8) is 0 Å². The summed E-state index contributed by atoms with van der Waals surface area (Å²) >= 11 is 0. The van der Waals surface area contributed by atoms with E-state index in [-0.39, 0.29) is 40.2 Å². The zero-order valence-corrected chi connectivity index (χ0v) is 16.2. The van der Waals surface area contributed by atoms with Crippen molar-refractivity contribution in [1.82, 2.24) is 0 Å². The van der Waals surface area contributed by atoms with Crippen LogP contribution in [0, 0.1) is 12.8 Å². The molecule has 0 atom stereocenters. The van der Waals surface area contributed by atoms with Crippen LogP contribution in [0.5, 0.6) is 0 Å². The number of ketones is 4. The van der Waals surface area contributed by atoms with Gasteiger partial charge in [0.25, 0.3) is 0 Å². The van der Waals surface area contributed by atoms with E-state index in [4.69, 9.17) is 0 Å². The maximum atomic E-state index is 11.3. The van der Waals surface area contributed by atoms with Crippen LogP contribution in [0.1, 0.15) is 47.4 Å². The first-order valence-corrected chi connectivity index (χ1v) is 8.41. The summed E-state index contributed by atoms with van der Waals surface area (Å²) in [5, 5.41) is 0. The standard InChI is InChI=1S/2C11H11O2.Cu/c2*1-2-10(12)8-11(13)9-6-4-3-5-7-9;/h2*3-8H,2H2,1H3;/q2*-1;+2. The maximum Gasteiger partial charge on any atom is 2.00 e. The van der Waals surface area contributed by atoms with Gasteiger partial charge < -0.3 is 19.2 Å². The zero-order valence-electron chi connectivity index (χ0n) is 15.3. The SMILES string of the molecule is CCC(=O)[CH-]C(=O)c1ccccc1.CCC(=O)[CH-]C(=O)c1ccccc1.[Cu+2]. The first-order valence-electron chi connectivity index (χ1n) is 8.41. The van der Waals surface area contributed by atoms with Crippen LogP contribution in [-0.2, 0) is 26.7 Å². The van der Waals surface area contributed by atoms with Gasteiger partial charge in [-0.2, -0.15) is 0 Å². The molecule has 0 aromatic heterocycles. The largest absolute Gasteiger partial charge is 2.00 e. The molecule has 2 aromatic rings. The van der Waals surface area contributed by atoms with Crippen LogP contribution in [-0.4, -0.2) is 23.1 Å². The van der Waals surface area contributed by atoms with Crippen LogP contribution in [0.25, 0.3) is 0 Å². The smallest absolute Gasteiger partial charge is 0.331 e. The molecule has 0 aliphatic carbocycles. The molecule has 4 nitrogen and oxygen atoms in total. The van der Waals surface area contributed by atoms with Crippen molar-refractivity contribution in [3.8, 4) is 0 Å². The third-order valence-electron chi connectivity index (χ3n) is 3.40. The third kappa shape index (κ3) is 9.59. The van der Waals surface area contributed by atoms with Crippen LogP contribution in [0.2, 0.25) is 0 Å². The van der Waals surface area contributed by atoms with Crippen molar-refractivity contribution < 1.29 is 36.2 Å². The van der Waals surface area contributed by atoms with Gasteiger partial charge in [0.1, 0.15) is 0 Å². The predicted molar refractivity (Wildman–Crippen MR) is 101 cm³/mol. The van der Waals surface area contributed by atoms with Gasteiger partial charge in [-0.1, -0.05) is 50.2 Å². The molecule has 0 aliphatic rings. The van der Waals surface area contributed by atoms with E-state index in [1.54, 1.807) is 62.4 Å². The van der Waals surface area contributed by atoms with Crippen molar-refractivity contribution in [1.29, 1.82) is 0 Å². The van der Waals surface area contributed by atoms with Gasteiger partial charge >= 0.3 is 17.1 Å². The van der Waals surface area contributed by atoms with Gasteiger partial charge in [0.15, 0.2) is 0 Å². The van der Waals surface area contributed by atoms with E-state index in [1.807, 2.05) is 12.1 Å². The molecular weight excluding hydrogens is 392 g/mol. The summed E-state index contributed by atoms with van der Waals surface area (Å²) in [6.45, 7) is 3.47. The molecule has 0 amide bonds. The minimum atomic E-state index is -0.215. The Hall–Kier alpha value is -2.62. The summed E-state index contributed by atoms with van der Waals surface area (Å²) < 4.78 is 0. The van der Waals surface area contributed by atoms with Crippen molar-refractivity contribution >= 4 is 23.1 Å². The van der Waals surface area contributed by atoms with Crippen LogP contribution in [0.3, 0.4) is 0 Å². The first-order chi connectivity index (χ1) is 12.5. The number of Topliss-reactive ketones (excluding diaryl/α,β-unsaturated/α-hetero) is 4. The average Bonchev–Trinajstić information content (AvgIpc) is 2.69. The molecule has 27 heavy (non-hydrogen) atoms. The second kappa shape index (κ2) is 13.6. The van der Waals surface area contributed by atoms with Crippen molar-refractivity contribution in [2.24, 2.45) is 0 Å². The topological polar surface area (TPSA) is 68.3 Å². The molecule has 2 aromatic carbocycles. The Balaban J connectivity index is 0.000000483. The number of hydrogen-bond donors (Lipinski definition) is 0. The minimum absolute atomic E-state index is 0. The fourth-order valence-electron chi connectivity index (χ4n) is 1.87. The van der Waals surface area contributed by atoms with Crippen molar-refractivity contribution in [2.45, 2.75) is 26.7 Å². The number of rotatable bonds is 8. The summed E-state index contributed by atoms with van der Waals surface area (Å²) in [4.78, 5) is 44.5. The van der Waals surface area contributed by atoms with E-state index in [9.17, 15) is 19.2 Å². The number of carbonyl (C=O) groups is 4. The molecule has 0 spiro atoms. The Bertz CT molecular complexity index is 674. The molecule has 5 heteroatoms. The van der Waals surface area contributed by atoms with Gasteiger partial charge in [0, 0.05) is 11.6 Å². The van der Waals surface area contributed by atoms with E-state index in [0.29, 0.717) is 24.0 Å². The van der Waals surface area contributed by atoms with E-state index in [2.05, 4.69) is 0 Å². The normalized spacial score (nSPS) is 8.96. The van der Waals surface area contributed by atoms with E-state index in [0.717, 1.165) is 12.8 Å². The van der Waals surface area contributed by atoms with Gasteiger partial charge in [-0.15, -0.1) is 48.2 Å². The summed E-state index contributed by atoms with van der Waals surface area (Å²) in [6.07, 6.45) is 3.04. The van der Waals surface area contributed by atoms with Crippen molar-refractivity contribution in [2.75, 3.05) is 0 Å². The average molecular weight is 414 g/mol. The molecular formula is C22H22CuO4. The zero-order chi connectivity index (χ0) is 19.4. The fraction of sp³-hybridized carbons (Fsp3) is 0.182. The van der Waals surface area contributed by atoms with Gasteiger partial charge in [-0.05, 0) is 12.8 Å². The van der Waals surface area contributed by atoms with E-state index in [1.165, 1.54) is 0 Å². The molecule has 2 rings (SSSR count). The summed E-state index contributed by atoms with van der Waals surface area (Å²) in [7, 11) is 0. The number of hydrogen-bond acceptors (Lipinski definition) is 4. The second-order valence-electron chi connectivity index (χ2n) is 5.39. The van der Waals surface area contributed by atoms with Gasteiger partial charge in [-0.3, -0.25) is 0 Å². The van der Waals surface area contributed by atoms with Crippen LogP contribution in [0.15, 0.2) is 60.7 Å². The van der Waals surface area contributed by atoms with Crippen LogP contribution < -0.4 is 0 Å². The Morgan fingerprint density at radius 2 is 0.926 bits per heavy atom. The molecule has 0 unspecified atom stereocenters. The maximum absolute atomic E-state index is 11.3. The summed E-state index contributed by atoms with van der Waals surface area (Å²) in [5.41, 5.74) is 1.12. The summed E-state index contributed by atoms with van der Waals surface area (Å²) in [5.74, 6) is -0.692. The van der Waals surface area contributed by atoms with Gasteiger partial charge in [0.05, 0.1) is 11.6 Å². The molecule has 0 saturated carbocycles. The molecule has 0 aliphatic heterocycles. The minimum Gasteiger partial charge on any atom is -0.331 e. The second-order valence-corrected chi connectivity index (χ2v) is 5.39. The number of carbonyl (C=O) groups excluding carboxylic acids is 4.